The zero-order valence-electron chi connectivity index (χ0n) is 31.2. The van der Waals surface area contributed by atoms with Crippen molar-refractivity contribution in [3.63, 3.8) is 0 Å². The Balaban J connectivity index is 0.995. The first kappa shape index (κ1) is 32.2. The molecule has 4 unspecified atom stereocenters. The third kappa shape index (κ3) is 5.12. The van der Waals surface area contributed by atoms with Crippen molar-refractivity contribution in [2.75, 3.05) is 4.90 Å². The minimum Gasteiger partial charge on any atom is -0.485 e. The van der Waals surface area contributed by atoms with Gasteiger partial charge in [-0.3, -0.25) is 0 Å². The number of fused-ring (bicyclic) bond motifs is 9. The lowest BCUT2D eigenvalue weighted by molar-refractivity contribution is 0.269. The Morgan fingerprint density at radius 2 is 1.19 bits per heavy atom. The van der Waals surface area contributed by atoms with E-state index in [2.05, 4.69) is 216 Å². The van der Waals surface area contributed by atoms with Crippen LogP contribution in [0.15, 0.2) is 206 Å². The van der Waals surface area contributed by atoms with E-state index in [4.69, 9.17) is 4.74 Å². The van der Waals surface area contributed by atoms with Crippen LogP contribution in [0.3, 0.4) is 0 Å². The lowest BCUT2D eigenvalue weighted by Gasteiger charge is -2.29. The summed E-state index contributed by atoms with van der Waals surface area (Å²) in [6.45, 7) is 0. The van der Waals surface area contributed by atoms with Crippen LogP contribution < -0.4 is 9.64 Å². The fraction of sp³-hybridized carbons (Fsp3) is 0.0741. The molecule has 7 aromatic carbocycles. The molecule has 0 saturated carbocycles. The van der Waals surface area contributed by atoms with Gasteiger partial charge < -0.3 is 14.2 Å². The summed E-state index contributed by atoms with van der Waals surface area (Å²) in [6, 6.07) is 60.3. The molecule has 3 nitrogen and oxygen atoms in total. The van der Waals surface area contributed by atoms with E-state index in [1.807, 2.05) is 0 Å². The third-order valence-electron chi connectivity index (χ3n) is 12.4. The highest BCUT2D eigenvalue weighted by atomic mass is 16.5. The molecule has 1 aromatic heterocycles. The molecule has 0 N–H and O–H groups in total. The van der Waals surface area contributed by atoms with Crippen molar-refractivity contribution in [1.82, 2.24) is 4.57 Å². The maximum absolute atomic E-state index is 6.49. The third-order valence-corrected chi connectivity index (χ3v) is 12.4. The lowest BCUT2D eigenvalue weighted by atomic mass is 9.87. The number of rotatable bonds is 5. The van der Waals surface area contributed by atoms with Crippen LogP contribution in [0.25, 0.3) is 55.3 Å². The highest BCUT2D eigenvalue weighted by Gasteiger charge is 2.37. The number of ether oxygens (including phenoxy) is 1. The maximum Gasteiger partial charge on any atom is 0.128 e. The molecule has 0 bridgehead atoms. The minimum atomic E-state index is 0.00508. The Morgan fingerprint density at radius 3 is 2.07 bits per heavy atom. The largest absolute Gasteiger partial charge is 0.485 e. The summed E-state index contributed by atoms with van der Waals surface area (Å²) in [5, 5.41) is 2.48. The molecule has 0 amide bonds. The molecule has 8 aromatic rings. The smallest absolute Gasteiger partial charge is 0.128 e. The number of para-hydroxylation sites is 2. The monoisotopic (exact) mass is 730 g/mol. The number of allylic oxidation sites excluding steroid dienone is 4. The standard InChI is InChI=1S/C54H38N2O/c1-3-13-35(14-4-1)37-24-27-53-47(33-37)48-34-41(25-28-54(48)57-53)55-51-22-12-9-19-45(51)46-32-38(23-26-52(46)55)40-29-39(36-15-5-2-6-16-36)30-42(31-40)56-49-20-10-7-17-43(49)44-18-8-11-21-50(44)56/h1-34,43,47,49,53H. The van der Waals surface area contributed by atoms with Gasteiger partial charge in [-0.1, -0.05) is 140 Å². The molecule has 3 heteroatoms. The Labute approximate surface area is 332 Å². The van der Waals surface area contributed by atoms with Crippen LogP contribution in [-0.4, -0.2) is 16.7 Å². The summed E-state index contributed by atoms with van der Waals surface area (Å²) in [5.41, 5.74) is 15.9. The highest BCUT2D eigenvalue weighted by molar-refractivity contribution is 6.10. The van der Waals surface area contributed by atoms with Crippen LogP contribution in [0.4, 0.5) is 11.4 Å². The van der Waals surface area contributed by atoms with Crippen molar-refractivity contribution in [2.45, 2.75) is 24.0 Å². The summed E-state index contributed by atoms with van der Waals surface area (Å²) in [7, 11) is 0. The summed E-state index contributed by atoms with van der Waals surface area (Å²) in [6.07, 6.45) is 15.9. The highest BCUT2D eigenvalue weighted by Crippen LogP contribution is 2.50. The Bertz CT molecular complexity index is 3020. The quantitative estimate of drug-likeness (QED) is 0.175. The second-order valence-electron chi connectivity index (χ2n) is 15.6. The number of anilines is 2. The summed E-state index contributed by atoms with van der Waals surface area (Å²) >= 11 is 0. The van der Waals surface area contributed by atoms with Gasteiger partial charge in [-0.15, -0.1) is 0 Å². The van der Waals surface area contributed by atoms with Crippen LogP contribution in [0.5, 0.6) is 5.75 Å². The van der Waals surface area contributed by atoms with E-state index in [9.17, 15) is 0 Å². The van der Waals surface area contributed by atoms with Crippen LogP contribution in [0.2, 0.25) is 0 Å². The molecule has 57 heavy (non-hydrogen) atoms. The van der Waals surface area contributed by atoms with Gasteiger partial charge in [0.05, 0.1) is 17.1 Å². The van der Waals surface area contributed by atoms with E-state index in [1.54, 1.807) is 0 Å². The summed E-state index contributed by atoms with van der Waals surface area (Å²) < 4.78 is 8.92. The van der Waals surface area contributed by atoms with Crippen molar-refractivity contribution < 1.29 is 4.74 Å². The zero-order valence-corrected chi connectivity index (χ0v) is 31.2. The van der Waals surface area contributed by atoms with E-state index >= 15 is 0 Å². The van der Waals surface area contributed by atoms with E-state index in [1.165, 1.54) is 77.7 Å². The average Bonchev–Trinajstić information content (AvgIpc) is 3.94. The number of aromatic nitrogens is 1. The minimum absolute atomic E-state index is 0.00508. The molecular formula is C54H38N2O. The van der Waals surface area contributed by atoms with Gasteiger partial charge in [-0.2, -0.15) is 0 Å². The SMILES string of the molecule is C1=CC2c3ccccc3N(c3cc(-c4ccccc4)cc(-c4ccc5c(c4)c4ccccc4n5-c4ccc5c(c4)C4C=C(c6ccccc6)C=CC4O5)c3)C2C=C1. The van der Waals surface area contributed by atoms with Crippen molar-refractivity contribution >= 4 is 38.8 Å². The summed E-state index contributed by atoms with van der Waals surface area (Å²) in [4.78, 5) is 2.54. The Kier molecular flexibility index (Phi) is 7.18. The maximum atomic E-state index is 6.49. The number of benzene rings is 7. The molecule has 3 heterocycles. The molecule has 4 atom stereocenters. The van der Waals surface area contributed by atoms with Gasteiger partial charge in [0.15, 0.2) is 0 Å². The van der Waals surface area contributed by atoms with Gasteiger partial charge in [0.1, 0.15) is 11.9 Å². The number of hydrogen-bond acceptors (Lipinski definition) is 2. The van der Waals surface area contributed by atoms with E-state index in [0.717, 1.165) is 11.4 Å². The fourth-order valence-corrected chi connectivity index (χ4v) is 9.79. The first-order valence-corrected chi connectivity index (χ1v) is 20.0. The molecule has 2 aliphatic heterocycles. The number of hydrogen-bond donors (Lipinski definition) is 0. The molecule has 4 aliphatic rings. The Morgan fingerprint density at radius 1 is 0.456 bits per heavy atom. The van der Waals surface area contributed by atoms with Gasteiger partial charge in [0.2, 0.25) is 0 Å². The second kappa shape index (κ2) is 12.7. The van der Waals surface area contributed by atoms with Crippen molar-refractivity contribution in [3.8, 4) is 33.7 Å². The van der Waals surface area contributed by atoms with Gasteiger partial charge in [-0.05, 0) is 106 Å². The van der Waals surface area contributed by atoms with Crippen LogP contribution >= 0.6 is 0 Å². The fourth-order valence-electron chi connectivity index (χ4n) is 9.79. The average molecular weight is 731 g/mol. The van der Waals surface area contributed by atoms with Crippen molar-refractivity contribution in [3.05, 3.63) is 223 Å². The molecule has 0 spiro atoms. The van der Waals surface area contributed by atoms with Gasteiger partial charge in [0.25, 0.3) is 0 Å². The molecule has 0 saturated heterocycles. The predicted molar refractivity (Wildman–Crippen MR) is 236 cm³/mol. The predicted octanol–water partition coefficient (Wildman–Crippen LogP) is 13.3. The van der Waals surface area contributed by atoms with Crippen LogP contribution in [0, 0.1) is 0 Å². The topological polar surface area (TPSA) is 17.4 Å². The Hall–Kier alpha value is -7.10. The van der Waals surface area contributed by atoms with Crippen molar-refractivity contribution in [1.29, 1.82) is 0 Å². The van der Waals surface area contributed by atoms with Crippen LogP contribution in [-0.2, 0) is 0 Å². The molecule has 0 fully saturated rings. The van der Waals surface area contributed by atoms with Gasteiger partial charge in [0, 0.05) is 45.2 Å². The second-order valence-corrected chi connectivity index (χ2v) is 15.6. The van der Waals surface area contributed by atoms with Gasteiger partial charge >= 0.3 is 0 Å². The first-order valence-electron chi connectivity index (χ1n) is 20.0. The first-order chi connectivity index (χ1) is 28.2. The summed E-state index contributed by atoms with van der Waals surface area (Å²) in [5.74, 6) is 1.45. The van der Waals surface area contributed by atoms with Crippen molar-refractivity contribution in [2.24, 2.45) is 0 Å². The molecule has 2 aliphatic carbocycles. The molecular weight excluding hydrogens is 693 g/mol. The van der Waals surface area contributed by atoms with E-state index < -0.39 is 0 Å². The molecule has 12 rings (SSSR count). The molecule has 270 valence electrons. The zero-order chi connectivity index (χ0) is 37.5. The van der Waals surface area contributed by atoms with E-state index in [0.29, 0.717) is 5.92 Å². The molecule has 0 radical (unpaired) electrons. The lowest BCUT2D eigenvalue weighted by Crippen LogP contribution is -2.28. The van der Waals surface area contributed by atoms with Gasteiger partial charge in [-0.25, -0.2) is 0 Å². The number of nitrogens with zero attached hydrogens (tertiary/aromatic N) is 2. The van der Waals surface area contributed by atoms with Crippen LogP contribution in [0.1, 0.15) is 28.5 Å². The van der Waals surface area contributed by atoms with E-state index in [-0.39, 0.29) is 18.1 Å². The normalized spacial score (nSPS) is 19.9.